The van der Waals surface area contributed by atoms with E-state index in [-0.39, 0.29) is 5.91 Å². The van der Waals surface area contributed by atoms with Crippen molar-refractivity contribution in [2.24, 2.45) is 0 Å². The summed E-state index contributed by atoms with van der Waals surface area (Å²) in [6.45, 7) is 1.83. The second-order valence-electron chi connectivity index (χ2n) is 4.34. The fourth-order valence-corrected chi connectivity index (χ4v) is 2.23. The number of aryl methyl sites for hydroxylation is 1. The first-order valence-corrected chi connectivity index (χ1v) is 7.10. The van der Waals surface area contributed by atoms with E-state index in [1.807, 2.05) is 31.2 Å². The molecule has 0 aliphatic rings. The lowest BCUT2D eigenvalue weighted by Crippen LogP contribution is -2.12. The number of amides is 1. The number of anilines is 1. The lowest BCUT2D eigenvalue weighted by molar-refractivity contribution is 0.102. The van der Waals surface area contributed by atoms with Crippen molar-refractivity contribution in [2.45, 2.75) is 6.92 Å². The molecule has 2 heterocycles. The quantitative estimate of drug-likeness (QED) is 0.698. The summed E-state index contributed by atoms with van der Waals surface area (Å²) < 4.78 is 2.75. The Balaban J connectivity index is 1.84. The van der Waals surface area contributed by atoms with E-state index in [0.29, 0.717) is 17.1 Å². The molecule has 0 unspecified atom stereocenters. The SMILES string of the molecule is Cc1nc2ccc(NC(=O)c3ccc(I)cc3)cn2n1. The van der Waals surface area contributed by atoms with Crippen LogP contribution in [-0.2, 0) is 0 Å². The van der Waals surface area contributed by atoms with Crippen molar-refractivity contribution in [3.05, 3.63) is 57.6 Å². The maximum atomic E-state index is 12.1. The number of nitrogens with one attached hydrogen (secondary N) is 1. The summed E-state index contributed by atoms with van der Waals surface area (Å²) in [5.41, 5.74) is 2.07. The first-order valence-electron chi connectivity index (χ1n) is 6.02. The minimum atomic E-state index is -0.141. The Bertz CT molecular complexity index is 779. The molecule has 3 aromatic rings. The van der Waals surface area contributed by atoms with Gasteiger partial charge < -0.3 is 5.32 Å². The number of hydrogen-bond acceptors (Lipinski definition) is 3. The molecule has 0 bridgehead atoms. The largest absolute Gasteiger partial charge is 0.321 e. The number of hydrogen-bond donors (Lipinski definition) is 1. The van der Waals surface area contributed by atoms with Gasteiger partial charge in [0.05, 0.1) is 11.9 Å². The Morgan fingerprint density at radius 1 is 1.20 bits per heavy atom. The van der Waals surface area contributed by atoms with Crippen LogP contribution in [-0.4, -0.2) is 20.5 Å². The molecular weight excluding hydrogens is 367 g/mol. The molecule has 3 rings (SSSR count). The van der Waals surface area contributed by atoms with Crippen LogP contribution in [0.5, 0.6) is 0 Å². The fourth-order valence-electron chi connectivity index (χ4n) is 1.87. The second-order valence-corrected chi connectivity index (χ2v) is 5.59. The van der Waals surface area contributed by atoms with Crippen molar-refractivity contribution in [1.82, 2.24) is 14.6 Å². The maximum Gasteiger partial charge on any atom is 0.255 e. The number of halogens is 1. The molecule has 6 heteroatoms. The van der Waals surface area contributed by atoms with Gasteiger partial charge in [-0.15, -0.1) is 0 Å². The molecule has 0 spiro atoms. The van der Waals surface area contributed by atoms with Crippen LogP contribution < -0.4 is 5.32 Å². The Morgan fingerprint density at radius 2 is 1.95 bits per heavy atom. The third-order valence-corrected chi connectivity index (χ3v) is 3.52. The minimum absolute atomic E-state index is 0.141. The monoisotopic (exact) mass is 378 g/mol. The number of pyridine rings is 1. The van der Waals surface area contributed by atoms with E-state index in [4.69, 9.17) is 0 Å². The average molecular weight is 378 g/mol. The first-order chi connectivity index (χ1) is 9.61. The highest BCUT2D eigenvalue weighted by Crippen LogP contribution is 2.12. The Hall–Kier alpha value is -1.96. The van der Waals surface area contributed by atoms with Crippen molar-refractivity contribution in [3.8, 4) is 0 Å². The number of rotatable bonds is 2. The molecule has 0 saturated carbocycles. The molecule has 0 atom stereocenters. The normalized spacial score (nSPS) is 10.7. The molecule has 0 saturated heterocycles. The van der Waals surface area contributed by atoms with Gasteiger partial charge >= 0.3 is 0 Å². The highest BCUT2D eigenvalue weighted by Gasteiger charge is 2.07. The number of nitrogens with zero attached hydrogens (tertiary/aromatic N) is 3. The molecule has 0 aliphatic heterocycles. The standard InChI is InChI=1S/C14H11IN4O/c1-9-16-13-7-6-12(8-19(13)18-9)17-14(20)10-2-4-11(15)5-3-10/h2-8H,1H3,(H,17,20). The van der Waals surface area contributed by atoms with Gasteiger partial charge in [0.15, 0.2) is 5.65 Å². The third-order valence-electron chi connectivity index (χ3n) is 2.80. The van der Waals surface area contributed by atoms with E-state index in [0.717, 1.165) is 9.22 Å². The van der Waals surface area contributed by atoms with Gasteiger partial charge in [0, 0.05) is 9.13 Å². The first kappa shape index (κ1) is 13.0. The summed E-state index contributed by atoms with van der Waals surface area (Å²) in [7, 11) is 0. The van der Waals surface area contributed by atoms with E-state index in [1.165, 1.54) is 0 Å². The van der Waals surface area contributed by atoms with Crippen molar-refractivity contribution in [3.63, 3.8) is 0 Å². The van der Waals surface area contributed by atoms with Crippen molar-refractivity contribution in [1.29, 1.82) is 0 Å². The van der Waals surface area contributed by atoms with Crippen molar-refractivity contribution < 1.29 is 4.79 Å². The zero-order valence-corrected chi connectivity index (χ0v) is 12.8. The Kier molecular flexibility index (Phi) is 3.39. The zero-order chi connectivity index (χ0) is 14.1. The van der Waals surface area contributed by atoms with Crippen LogP contribution in [0, 0.1) is 10.5 Å². The smallest absolute Gasteiger partial charge is 0.255 e. The van der Waals surface area contributed by atoms with Crippen LogP contribution in [0.2, 0.25) is 0 Å². The predicted molar refractivity (Wildman–Crippen MR) is 84.8 cm³/mol. The molecule has 5 nitrogen and oxygen atoms in total. The van der Waals surface area contributed by atoms with Gasteiger partial charge in [0.2, 0.25) is 0 Å². The van der Waals surface area contributed by atoms with E-state index >= 15 is 0 Å². The van der Waals surface area contributed by atoms with Crippen molar-refractivity contribution in [2.75, 3.05) is 5.32 Å². The number of aromatic nitrogens is 3. The summed E-state index contributed by atoms with van der Waals surface area (Å²) in [5, 5.41) is 7.07. The number of carbonyl (C=O) groups is 1. The molecular formula is C14H11IN4O. The molecule has 0 radical (unpaired) electrons. The number of benzene rings is 1. The Morgan fingerprint density at radius 3 is 2.70 bits per heavy atom. The summed E-state index contributed by atoms with van der Waals surface area (Å²) in [6, 6.07) is 11.0. The molecule has 2 aromatic heterocycles. The van der Waals surface area contributed by atoms with Crippen molar-refractivity contribution >= 4 is 39.8 Å². The second kappa shape index (κ2) is 5.20. The maximum absolute atomic E-state index is 12.1. The highest BCUT2D eigenvalue weighted by atomic mass is 127. The van der Waals surface area contributed by atoms with Crippen LogP contribution in [0.25, 0.3) is 5.65 Å². The molecule has 20 heavy (non-hydrogen) atoms. The van der Waals surface area contributed by atoms with Gasteiger partial charge in [-0.25, -0.2) is 9.50 Å². The average Bonchev–Trinajstić information content (AvgIpc) is 2.78. The van der Waals surface area contributed by atoms with E-state index in [2.05, 4.69) is 38.0 Å². The minimum Gasteiger partial charge on any atom is -0.321 e. The number of carbonyl (C=O) groups excluding carboxylic acids is 1. The van der Waals surface area contributed by atoms with E-state index < -0.39 is 0 Å². The van der Waals surface area contributed by atoms with E-state index in [9.17, 15) is 4.79 Å². The van der Waals surface area contributed by atoms with Gasteiger partial charge in [-0.1, -0.05) is 0 Å². The third kappa shape index (κ3) is 2.64. The van der Waals surface area contributed by atoms with Crippen LogP contribution >= 0.6 is 22.6 Å². The Labute approximate surface area is 129 Å². The molecule has 1 N–H and O–H groups in total. The molecule has 0 aliphatic carbocycles. The zero-order valence-electron chi connectivity index (χ0n) is 10.7. The number of fused-ring (bicyclic) bond motifs is 1. The van der Waals surface area contributed by atoms with Gasteiger partial charge in [-0.2, -0.15) is 5.10 Å². The topological polar surface area (TPSA) is 59.3 Å². The van der Waals surface area contributed by atoms with Gasteiger partial charge in [-0.3, -0.25) is 4.79 Å². The highest BCUT2D eigenvalue weighted by molar-refractivity contribution is 14.1. The predicted octanol–water partition coefficient (Wildman–Crippen LogP) is 2.89. The lowest BCUT2D eigenvalue weighted by atomic mass is 10.2. The van der Waals surface area contributed by atoms with Gasteiger partial charge in [0.25, 0.3) is 5.91 Å². The van der Waals surface area contributed by atoms with Crippen LogP contribution in [0.4, 0.5) is 5.69 Å². The fraction of sp³-hybridized carbons (Fsp3) is 0.0714. The molecule has 1 aromatic carbocycles. The molecule has 0 fully saturated rings. The summed E-state index contributed by atoms with van der Waals surface area (Å²) in [5.74, 6) is 0.559. The van der Waals surface area contributed by atoms with Gasteiger partial charge in [0.1, 0.15) is 5.82 Å². The van der Waals surface area contributed by atoms with Crippen LogP contribution in [0.1, 0.15) is 16.2 Å². The van der Waals surface area contributed by atoms with E-state index in [1.54, 1.807) is 22.8 Å². The van der Waals surface area contributed by atoms with Gasteiger partial charge in [-0.05, 0) is 65.9 Å². The molecule has 1 amide bonds. The van der Waals surface area contributed by atoms with Crippen LogP contribution in [0.3, 0.4) is 0 Å². The summed E-state index contributed by atoms with van der Waals surface area (Å²) in [4.78, 5) is 16.3. The summed E-state index contributed by atoms with van der Waals surface area (Å²) >= 11 is 2.21. The van der Waals surface area contributed by atoms with Crippen LogP contribution in [0.15, 0.2) is 42.6 Å². The molecule has 100 valence electrons. The summed E-state index contributed by atoms with van der Waals surface area (Å²) in [6.07, 6.45) is 1.75. The lowest BCUT2D eigenvalue weighted by Gasteiger charge is -2.05.